The molecule has 2 aromatic rings. The van der Waals surface area contributed by atoms with E-state index in [-0.39, 0.29) is 24.9 Å². The first kappa shape index (κ1) is 17.5. The molecule has 0 radical (unpaired) electrons. The summed E-state index contributed by atoms with van der Waals surface area (Å²) in [6, 6.07) is 15.7. The van der Waals surface area contributed by atoms with Gasteiger partial charge in [-0.3, -0.25) is 9.59 Å². The van der Waals surface area contributed by atoms with Crippen LogP contribution in [0.15, 0.2) is 54.6 Å². The van der Waals surface area contributed by atoms with Crippen LogP contribution >= 0.6 is 0 Å². The van der Waals surface area contributed by atoms with Gasteiger partial charge < -0.3 is 21.1 Å². The lowest BCUT2D eigenvalue weighted by Crippen LogP contribution is -2.37. The van der Waals surface area contributed by atoms with E-state index in [2.05, 4.69) is 16.0 Å². The Balaban J connectivity index is 1.63. The van der Waals surface area contributed by atoms with Crippen LogP contribution in [0.4, 0.5) is 10.5 Å². The monoisotopic (exact) mass is 353 g/mol. The molecule has 1 atom stereocenters. The Morgan fingerprint density at radius 3 is 2.35 bits per heavy atom. The third-order valence-electron chi connectivity index (χ3n) is 4.45. The first-order valence-corrected chi connectivity index (χ1v) is 8.19. The number of aliphatic carboxylic acids is 1. The molecule has 4 N–H and O–H groups in total. The molecule has 0 bridgehead atoms. The van der Waals surface area contributed by atoms with Crippen molar-refractivity contribution in [2.45, 2.75) is 18.4 Å². The normalized spacial score (nSPS) is 18.8. The second-order valence-electron chi connectivity index (χ2n) is 6.21. The summed E-state index contributed by atoms with van der Waals surface area (Å²) in [5.74, 6) is -1.33. The van der Waals surface area contributed by atoms with Gasteiger partial charge in [0.1, 0.15) is 5.41 Å². The van der Waals surface area contributed by atoms with Gasteiger partial charge >= 0.3 is 12.0 Å². The van der Waals surface area contributed by atoms with Crippen molar-refractivity contribution in [3.05, 3.63) is 65.7 Å². The number of nitrogens with one attached hydrogen (secondary N) is 3. The maximum Gasteiger partial charge on any atom is 0.319 e. The molecule has 0 aromatic heterocycles. The molecule has 2 aromatic carbocycles. The highest BCUT2D eigenvalue weighted by Gasteiger charge is 2.46. The Bertz CT molecular complexity index is 820. The lowest BCUT2D eigenvalue weighted by Gasteiger charge is -2.22. The number of carbonyl (C=O) groups is 3. The predicted molar refractivity (Wildman–Crippen MR) is 95.7 cm³/mol. The molecular weight excluding hydrogens is 334 g/mol. The molecule has 1 heterocycles. The molecule has 1 aliphatic heterocycles. The van der Waals surface area contributed by atoms with Gasteiger partial charge in [0.05, 0.1) is 0 Å². The highest BCUT2D eigenvalue weighted by atomic mass is 16.4. The Morgan fingerprint density at radius 1 is 1.08 bits per heavy atom. The van der Waals surface area contributed by atoms with Gasteiger partial charge in [-0.25, -0.2) is 4.79 Å². The van der Waals surface area contributed by atoms with Crippen molar-refractivity contribution in [3.8, 4) is 0 Å². The average molecular weight is 353 g/mol. The van der Waals surface area contributed by atoms with Gasteiger partial charge in [-0.15, -0.1) is 0 Å². The number of hydrogen-bond donors (Lipinski definition) is 4. The van der Waals surface area contributed by atoms with Crippen molar-refractivity contribution in [3.63, 3.8) is 0 Å². The minimum absolute atomic E-state index is 0.0610. The number of carboxylic acid groups (broad SMARTS) is 1. The average Bonchev–Trinajstić information content (AvgIpc) is 3.05. The van der Waals surface area contributed by atoms with Crippen LogP contribution in [0.1, 0.15) is 17.5 Å². The molecule has 1 unspecified atom stereocenters. The zero-order valence-electron chi connectivity index (χ0n) is 14.0. The van der Waals surface area contributed by atoms with Crippen LogP contribution in [0, 0.1) is 0 Å². The molecular formula is C19H19N3O4. The number of anilines is 1. The number of hydrogen-bond acceptors (Lipinski definition) is 3. The Morgan fingerprint density at radius 2 is 1.77 bits per heavy atom. The molecule has 1 fully saturated rings. The van der Waals surface area contributed by atoms with E-state index >= 15 is 0 Å². The SMILES string of the molecule is O=C1CC(C(=O)O)(c2ccc(NC(=O)NCc3ccccc3)cc2)CN1. The molecule has 26 heavy (non-hydrogen) atoms. The molecule has 3 rings (SSSR count). The highest BCUT2D eigenvalue weighted by Crippen LogP contribution is 2.32. The molecule has 0 spiro atoms. The van der Waals surface area contributed by atoms with Crippen molar-refractivity contribution < 1.29 is 19.5 Å². The summed E-state index contributed by atoms with van der Waals surface area (Å²) in [6.45, 7) is 0.464. The Labute approximate surface area is 150 Å². The highest BCUT2D eigenvalue weighted by molar-refractivity contribution is 5.94. The number of benzene rings is 2. The van der Waals surface area contributed by atoms with Crippen molar-refractivity contribution in [2.75, 3.05) is 11.9 Å². The zero-order chi connectivity index (χ0) is 18.6. The third-order valence-corrected chi connectivity index (χ3v) is 4.45. The van der Waals surface area contributed by atoms with Crippen LogP contribution in [0.3, 0.4) is 0 Å². The molecule has 1 aliphatic rings. The van der Waals surface area contributed by atoms with E-state index in [1.165, 1.54) is 0 Å². The van der Waals surface area contributed by atoms with Crippen molar-refractivity contribution in [2.24, 2.45) is 0 Å². The lowest BCUT2D eigenvalue weighted by atomic mass is 9.79. The van der Waals surface area contributed by atoms with Gasteiger partial charge in [-0.05, 0) is 23.3 Å². The van der Waals surface area contributed by atoms with Crippen LogP contribution in [0.5, 0.6) is 0 Å². The van der Waals surface area contributed by atoms with Gasteiger partial charge in [-0.2, -0.15) is 0 Å². The Kier molecular flexibility index (Phi) is 4.88. The summed E-state index contributed by atoms with van der Waals surface area (Å²) < 4.78 is 0. The minimum atomic E-state index is -1.26. The Hall–Kier alpha value is -3.35. The standard InChI is InChI=1S/C19H19N3O4/c23-16-10-19(12-21-16,17(24)25)14-6-8-15(9-7-14)22-18(26)20-11-13-4-2-1-3-5-13/h1-9H,10-12H2,(H,21,23)(H,24,25)(H2,20,22,26). The number of rotatable bonds is 5. The fourth-order valence-corrected chi connectivity index (χ4v) is 2.95. The van der Waals surface area contributed by atoms with E-state index in [0.29, 0.717) is 17.8 Å². The summed E-state index contributed by atoms with van der Waals surface area (Å²) in [4.78, 5) is 35.1. The van der Waals surface area contributed by atoms with E-state index in [1.54, 1.807) is 24.3 Å². The molecule has 1 saturated heterocycles. The molecule has 0 aliphatic carbocycles. The summed E-state index contributed by atoms with van der Waals surface area (Å²) in [5.41, 5.74) is 0.793. The van der Waals surface area contributed by atoms with Crippen molar-refractivity contribution >= 4 is 23.6 Å². The maximum atomic E-state index is 12.0. The second kappa shape index (κ2) is 7.26. The second-order valence-corrected chi connectivity index (χ2v) is 6.21. The van der Waals surface area contributed by atoms with Crippen LogP contribution in [-0.2, 0) is 21.5 Å². The first-order chi connectivity index (χ1) is 12.5. The quantitative estimate of drug-likeness (QED) is 0.658. The predicted octanol–water partition coefficient (Wildman–Crippen LogP) is 1.85. The van der Waals surface area contributed by atoms with Gasteiger partial charge in [0.2, 0.25) is 5.91 Å². The van der Waals surface area contributed by atoms with Gasteiger partial charge in [0.25, 0.3) is 0 Å². The molecule has 134 valence electrons. The van der Waals surface area contributed by atoms with E-state index in [0.717, 1.165) is 5.56 Å². The first-order valence-electron chi connectivity index (χ1n) is 8.19. The van der Waals surface area contributed by atoms with Crippen LogP contribution in [0.2, 0.25) is 0 Å². The summed E-state index contributed by atoms with van der Waals surface area (Å²) in [5, 5.41) is 17.6. The minimum Gasteiger partial charge on any atom is -0.481 e. The van der Waals surface area contributed by atoms with Crippen LogP contribution < -0.4 is 16.0 Å². The fraction of sp³-hybridized carbons (Fsp3) is 0.211. The summed E-state index contributed by atoms with van der Waals surface area (Å²) in [7, 11) is 0. The number of urea groups is 1. The number of amides is 3. The topological polar surface area (TPSA) is 108 Å². The van der Waals surface area contributed by atoms with Gasteiger partial charge in [0.15, 0.2) is 0 Å². The van der Waals surface area contributed by atoms with E-state index in [9.17, 15) is 19.5 Å². The third kappa shape index (κ3) is 3.66. The lowest BCUT2D eigenvalue weighted by molar-refractivity contribution is -0.143. The zero-order valence-corrected chi connectivity index (χ0v) is 14.0. The van der Waals surface area contributed by atoms with Gasteiger partial charge in [0, 0.05) is 25.2 Å². The molecule has 3 amide bonds. The number of carboxylic acids is 1. The van der Waals surface area contributed by atoms with E-state index in [4.69, 9.17) is 0 Å². The summed E-state index contributed by atoms with van der Waals surface area (Å²) in [6.07, 6.45) is -0.0906. The van der Waals surface area contributed by atoms with Gasteiger partial charge in [-0.1, -0.05) is 42.5 Å². The fourth-order valence-electron chi connectivity index (χ4n) is 2.95. The van der Waals surface area contributed by atoms with E-state index < -0.39 is 11.4 Å². The molecule has 0 saturated carbocycles. The van der Waals surface area contributed by atoms with E-state index in [1.807, 2.05) is 30.3 Å². The molecule has 7 heteroatoms. The number of carbonyl (C=O) groups excluding carboxylic acids is 2. The van der Waals surface area contributed by atoms with Crippen LogP contribution in [0.25, 0.3) is 0 Å². The smallest absolute Gasteiger partial charge is 0.319 e. The van der Waals surface area contributed by atoms with Crippen LogP contribution in [-0.4, -0.2) is 29.6 Å². The van der Waals surface area contributed by atoms with Crippen molar-refractivity contribution in [1.82, 2.24) is 10.6 Å². The molecule has 7 nitrogen and oxygen atoms in total. The maximum absolute atomic E-state index is 12.0. The van der Waals surface area contributed by atoms with Crippen molar-refractivity contribution in [1.29, 1.82) is 0 Å². The largest absolute Gasteiger partial charge is 0.481 e. The summed E-state index contributed by atoms with van der Waals surface area (Å²) >= 11 is 0.